The number of aryl methyl sites for hydroxylation is 1. The smallest absolute Gasteiger partial charge is 0.253 e. The zero-order valence-electron chi connectivity index (χ0n) is 12.3. The van der Waals surface area contributed by atoms with E-state index in [0.29, 0.717) is 24.2 Å². The molecule has 0 aliphatic carbocycles. The van der Waals surface area contributed by atoms with Crippen LogP contribution in [0.1, 0.15) is 27.0 Å². The standard InChI is InChI=1S/C17H19FN2O/c1-12-7-8-13(9-16(12)18)17(21)20(2)11-15-6-4-3-5-14(15)10-19/h3-9H,10-11,19H2,1-2H3. The molecule has 0 saturated carbocycles. The van der Waals surface area contributed by atoms with Crippen molar-refractivity contribution in [3.8, 4) is 0 Å². The van der Waals surface area contributed by atoms with Crippen LogP contribution in [0.4, 0.5) is 4.39 Å². The molecule has 0 heterocycles. The highest BCUT2D eigenvalue weighted by molar-refractivity contribution is 5.94. The Bertz CT molecular complexity index is 655. The summed E-state index contributed by atoms with van der Waals surface area (Å²) in [4.78, 5) is 13.9. The van der Waals surface area contributed by atoms with Gasteiger partial charge in [0.2, 0.25) is 0 Å². The highest BCUT2D eigenvalue weighted by Crippen LogP contribution is 2.14. The number of carbonyl (C=O) groups excluding carboxylic acids is 1. The lowest BCUT2D eigenvalue weighted by atomic mass is 10.1. The highest BCUT2D eigenvalue weighted by atomic mass is 19.1. The van der Waals surface area contributed by atoms with E-state index < -0.39 is 0 Å². The second kappa shape index (κ2) is 6.50. The number of carbonyl (C=O) groups is 1. The van der Waals surface area contributed by atoms with E-state index in [0.717, 1.165) is 11.1 Å². The van der Waals surface area contributed by atoms with Crippen LogP contribution in [0.25, 0.3) is 0 Å². The maximum absolute atomic E-state index is 13.6. The number of benzene rings is 2. The van der Waals surface area contributed by atoms with E-state index in [1.165, 1.54) is 6.07 Å². The summed E-state index contributed by atoms with van der Waals surface area (Å²) in [5, 5.41) is 0. The van der Waals surface area contributed by atoms with Crippen LogP contribution < -0.4 is 5.73 Å². The second-order valence-corrected chi connectivity index (χ2v) is 5.10. The van der Waals surface area contributed by atoms with Crippen LogP contribution in [-0.4, -0.2) is 17.9 Å². The molecule has 2 aromatic rings. The number of nitrogens with zero attached hydrogens (tertiary/aromatic N) is 1. The Labute approximate surface area is 124 Å². The number of halogens is 1. The minimum absolute atomic E-state index is 0.208. The van der Waals surface area contributed by atoms with Crippen molar-refractivity contribution in [3.05, 3.63) is 70.5 Å². The first-order chi connectivity index (χ1) is 10.0. The zero-order valence-corrected chi connectivity index (χ0v) is 12.3. The van der Waals surface area contributed by atoms with Crippen molar-refractivity contribution in [2.75, 3.05) is 7.05 Å². The van der Waals surface area contributed by atoms with E-state index in [1.54, 1.807) is 31.0 Å². The molecule has 4 heteroatoms. The van der Waals surface area contributed by atoms with E-state index in [1.807, 2.05) is 24.3 Å². The Morgan fingerprint density at radius 1 is 1.19 bits per heavy atom. The molecule has 2 N–H and O–H groups in total. The van der Waals surface area contributed by atoms with Gasteiger partial charge < -0.3 is 10.6 Å². The molecule has 0 spiro atoms. The molecule has 0 unspecified atom stereocenters. The fraction of sp³-hybridized carbons (Fsp3) is 0.235. The molecular weight excluding hydrogens is 267 g/mol. The molecular formula is C17H19FN2O. The summed E-state index contributed by atoms with van der Waals surface area (Å²) in [5.74, 6) is -0.572. The maximum atomic E-state index is 13.6. The Morgan fingerprint density at radius 2 is 1.86 bits per heavy atom. The Balaban J connectivity index is 2.17. The minimum Gasteiger partial charge on any atom is -0.337 e. The third-order valence-corrected chi connectivity index (χ3v) is 3.51. The molecule has 0 radical (unpaired) electrons. The van der Waals surface area contributed by atoms with Gasteiger partial charge in [-0.2, -0.15) is 0 Å². The fourth-order valence-corrected chi connectivity index (χ4v) is 2.18. The zero-order chi connectivity index (χ0) is 15.4. The number of hydrogen-bond donors (Lipinski definition) is 1. The van der Waals surface area contributed by atoms with Crippen LogP contribution in [0.15, 0.2) is 42.5 Å². The molecule has 0 aliphatic rings. The molecule has 0 aromatic heterocycles. The van der Waals surface area contributed by atoms with Gasteiger partial charge >= 0.3 is 0 Å². The van der Waals surface area contributed by atoms with Crippen molar-refractivity contribution in [1.82, 2.24) is 4.90 Å². The topological polar surface area (TPSA) is 46.3 Å². The largest absolute Gasteiger partial charge is 0.337 e. The van der Waals surface area contributed by atoms with Gasteiger partial charge in [-0.3, -0.25) is 4.79 Å². The lowest BCUT2D eigenvalue weighted by molar-refractivity contribution is 0.0784. The second-order valence-electron chi connectivity index (χ2n) is 5.10. The van der Waals surface area contributed by atoms with Crippen molar-refractivity contribution in [2.45, 2.75) is 20.0 Å². The molecule has 0 atom stereocenters. The molecule has 2 rings (SSSR count). The predicted molar refractivity (Wildman–Crippen MR) is 81.3 cm³/mol. The molecule has 110 valence electrons. The van der Waals surface area contributed by atoms with E-state index in [4.69, 9.17) is 5.73 Å². The van der Waals surface area contributed by atoms with E-state index in [9.17, 15) is 9.18 Å². The summed E-state index contributed by atoms with van der Waals surface area (Å²) in [6, 6.07) is 12.3. The first-order valence-corrected chi connectivity index (χ1v) is 6.81. The predicted octanol–water partition coefficient (Wildman–Crippen LogP) is 2.87. The molecule has 21 heavy (non-hydrogen) atoms. The first kappa shape index (κ1) is 15.2. The van der Waals surface area contributed by atoms with Gasteiger partial charge in [-0.25, -0.2) is 4.39 Å². The summed E-state index contributed by atoms with van der Waals surface area (Å²) in [7, 11) is 1.70. The van der Waals surface area contributed by atoms with E-state index >= 15 is 0 Å². The van der Waals surface area contributed by atoms with Crippen LogP contribution in [0.3, 0.4) is 0 Å². The van der Waals surface area contributed by atoms with Crippen molar-refractivity contribution < 1.29 is 9.18 Å². The number of nitrogens with two attached hydrogens (primary N) is 1. The highest BCUT2D eigenvalue weighted by Gasteiger charge is 2.14. The number of amides is 1. The summed E-state index contributed by atoms with van der Waals surface area (Å²) in [6.45, 7) is 2.55. The summed E-state index contributed by atoms with van der Waals surface area (Å²) < 4.78 is 13.6. The normalized spacial score (nSPS) is 10.5. The van der Waals surface area contributed by atoms with Crippen LogP contribution in [0.5, 0.6) is 0 Å². The van der Waals surface area contributed by atoms with Crippen LogP contribution in [-0.2, 0) is 13.1 Å². The fourth-order valence-electron chi connectivity index (χ4n) is 2.18. The first-order valence-electron chi connectivity index (χ1n) is 6.81. The van der Waals surface area contributed by atoms with Crippen LogP contribution >= 0.6 is 0 Å². The third kappa shape index (κ3) is 3.47. The van der Waals surface area contributed by atoms with Crippen LogP contribution in [0, 0.1) is 12.7 Å². The Morgan fingerprint density at radius 3 is 2.48 bits per heavy atom. The van der Waals surface area contributed by atoms with E-state index in [2.05, 4.69) is 0 Å². The Hall–Kier alpha value is -2.20. The average molecular weight is 286 g/mol. The van der Waals surface area contributed by atoms with Gasteiger partial charge in [0, 0.05) is 25.7 Å². The van der Waals surface area contributed by atoms with Gasteiger partial charge in [-0.15, -0.1) is 0 Å². The average Bonchev–Trinajstić information content (AvgIpc) is 2.49. The molecule has 0 fully saturated rings. The molecule has 2 aromatic carbocycles. The molecule has 1 amide bonds. The Kier molecular flexibility index (Phi) is 4.70. The summed E-state index contributed by atoms with van der Waals surface area (Å²) >= 11 is 0. The lowest BCUT2D eigenvalue weighted by Crippen LogP contribution is -2.27. The van der Waals surface area contributed by atoms with Gasteiger partial charge in [0.05, 0.1) is 0 Å². The molecule has 0 saturated heterocycles. The monoisotopic (exact) mass is 286 g/mol. The van der Waals surface area contributed by atoms with Crippen molar-refractivity contribution in [3.63, 3.8) is 0 Å². The van der Waals surface area contributed by atoms with Crippen molar-refractivity contribution >= 4 is 5.91 Å². The molecule has 0 bridgehead atoms. The lowest BCUT2D eigenvalue weighted by Gasteiger charge is -2.19. The van der Waals surface area contributed by atoms with Gasteiger partial charge in [0.15, 0.2) is 0 Å². The van der Waals surface area contributed by atoms with Gasteiger partial charge in [0.1, 0.15) is 5.82 Å². The van der Waals surface area contributed by atoms with Gasteiger partial charge in [-0.05, 0) is 35.7 Å². The summed E-state index contributed by atoms with van der Waals surface area (Å²) in [6.07, 6.45) is 0. The van der Waals surface area contributed by atoms with Gasteiger partial charge in [-0.1, -0.05) is 30.3 Å². The molecule has 0 aliphatic heterocycles. The quantitative estimate of drug-likeness (QED) is 0.939. The van der Waals surface area contributed by atoms with Crippen LogP contribution in [0.2, 0.25) is 0 Å². The van der Waals surface area contributed by atoms with Crippen molar-refractivity contribution in [1.29, 1.82) is 0 Å². The third-order valence-electron chi connectivity index (χ3n) is 3.51. The summed E-state index contributed by atoms with van der Waals surface area (Å²) in [5.41, 5.74) is 8.59. The van der Waals surface area contributed by atoms with Crippen molar-refractivity contribution in [2.24, 2.45) is 5.73 Å². The van der Waals surface area contributed by atoms with E-state index in [-0.39, 0.29) is 11.7 Å². The molecule has 3 nitrogen and oxygen atoms in total. The SMILES string of the molecule is Cc1ccc(C(=O)N(C)Cc2ccccc2CN)cc1F. The maximum Gasteiger partial charge on any atom is 0.253 e. The minimum atomic E-state index is -0.364. The van der Waals surface area contributed by atoms with Gasteiger partial charge in [0.25, 0.3) is 5.91 Å². The number of hydrogen-bond acceptors (Lipinski definition) is 2. The number of rotatable bonds is 4.